The molecule has 4 aliphatic heterocycles. The van der Waals surface area contributed by atoms with Crippen molar-refractivity contribution in [3.05, 3.63) is 92.5 Å². The number of nitrogens with one attached hydrogen (secondary N) is 1. The van der Waals surface area contributed by atoms with Crippen molar-refractivity contribution in [3.8, 4) is 12.1 Å². The molecular formula is C56H71N7O7S3. The van der Waals surface area contributed by atoms with Gasteiger partial charge in [-0.3, -0.25) is 9.53 Å². The van der Waals surface area contributed by atoms with E-state index in [1.54, 1.807) is 29.8 Å². The molecule has 6 heterocycles. The number of rotatable bonds is 14. The Morgan fingerprint density at radius 2 is 1.25 bits per heavy atom. The van der Waals surface area contributed by atoms with E-state index in [0.29, 0.717) is 98.4 Å². The molecule has 1 N–H and O–H groups in total. The molecule has 2 aromatic carbocycles. The maximum atomic E-state index is 13.2. The van der Waals surface area contributed by atoms with Gasteiger partial charge in [0, 0.05) is 95.7 Å². The number of amides is 1. The van der Waals surface area contributed by atoms with E-state index < -0.39 is 33.7 Å². The van der Waals surface area contributed by atoms with Gasteiger partial charge in [-0.15, -0.1) is 23.5 Å². The zero-order valence-electron chi connectivity index (χ0n) is 44.3. The van der Waals surface area contributed by atoms with Crippen LogP contribution in [0.3, 0.4) is 0 Å². The highest BCUT2D eigenvalue weighted by atomic mass is 32.2. The zero-order chi connectivity index (χ0) is 52.4. The van der Waals surface area contributed by atoms with Gasteiger partial charge in [0.2, 0.25) is 0 Å². The second kappa shape index (κ2) is 22.6. The molecule has 2 fully saturated rings. The average Bonchev–Trinajstić information content (AvgIpc) is 3.29. The number of aromatic nitrogens is 2. The van der Waals surface area contributed by atoms with Crippen molar-refractivity contribution in [1.82, 2.24) is 9.97 Å². The number of nitriles is 2. The number of ether oxygens (including phenoxy) is 5. The third-order valence-corrected chi connectivity index (χ3v) is 16.3. The fraction of sp³-hybridized carbons (Fsp3) is 0.554. The minimum atomic E-state index is -1.24. The summed E-state index contributed by atoms with van der Waals surface area (Å²) in [6, 6.07) is 19.1. The van der Waals surface area contributed by atoms with Crippen molar-refractivity contribution in [2.75, 3.05) is 59.1 Å². The minimum Gasteiger partial charge on any atom is -0.444 e. The van der Waals surface area contributed by atoms with E-state index in [4.69, 9.17) is 33.7 Å². The van der Waals surface area contributed by atoms with E-state index in [1.165, 1.54) is 0 Å². The number of benzene rings is 2. The molecule has 17 heteroatoms. The smallest absolute Gasteiger partial charge is 0.412 e. The molecule has 0 saturated carbocycles. The summed E-state index contributed by atoms with van der Waals surface area (Å²) in [6.07, 6.45) is 4.35. The van der Waals surface area contributed by atoms with E-state index in [1.807, 2.05) is 57.2 Å². The molecule has 6 unspecified atom stereocenters. The molecule has 0 aliphatic carbocycles. The first kappa shape index (κ1) is 54.5. The molecule has 4 aromatic rings. The highest BCUT2D eigenvalue weighted by Gasteiger charge is 2.39. The fourth-order valence-electron chi connectivity index (χ4n) is 10.4. The summed E-state index contributed by atoms with van der Waals surface area (Å²) in [4.78, 5) is 28.1. The van der Waals surface area contributed by atoms with Gasteiger partial charge in [-0.1, -0.05) is 18.2 Å². The Morgan fingerprint density at radius 3 is 1.75 bits per heavy atom. The van der Waals surface area contributed by atoms with Crippen LogP contribution in [0.15, 0.2) is 57.4 Å². The van der Waals surface area contributed by atoms with Gasteiger partial charge in [0.25, 0.3) is 0 Å². The molecule has 0 bridgehead atoms. The van der Waals surface area contributed by atoms with E-state index in [0.717, 1.165) is 66.9 Å². The Kier molecular flexibility index (Phi) is 16.9. The number of nitrogens with zero attached hydrogens (tertiary/aromatic N) is 6. The predicted molar refractivity (Wildman–Crippen MR) is 289 cm³/mol. The number of aryl methyl sites for hydroxylation is 2. The largest absolute Gasteiger partial charge is 0.444 e. The number of thioether (sulfide) groups is 2. The molecule has 1 amide bonds. The van der Waals surface area contributed by atoms with Gasteiger partial charge in [-0.25, -0.2) is 14.8 Å². The van der Waals surface area contributed by atoms with E-state index in [-0.39, 0.29) is 24.4 Å². The van der Waals surface area contributed by atoms with Gasteiger partial charge in [0.05, 0.1) is 60.0 Å². The lowest BCUT2D eigenvalue weighted by molar-refractivity contribution is -0.0540. The molecule has 0 spiro atoms. The van der Waals surface area contributed by atoms with Crippen LogP contribution in [0.25, 0.3) is 0 Å². The second-order valence-electron chi connectivity index (χ2n) is 22.0. The normalized spacial score (nSPS) is 23.1. The predicted octanol–water partition coefficient (Wildman–Crippen LogP) is 10.1. The Balaban J connectivity index is 1.02. The summed E-state index contributed by atoms with van der Waals surface area (Å²) in [5, 5.41) is 25.8. The monoisotopic (exact) mass is 1050 g/mol. The van der Waals surface area contributed by atoms with Gasteiger partial charge < -0.3 is 33.5 Å². The number of pyridine rings is 2. The number of hydrogen-bond donors (Lipinski definition) is 1. The number of fused-ring (bicyclic) bond motifs is 2. The summed E-state index contributed by atoms with van der Waals surface area (Å²) in [5.41, 5.74) is 7.23. The van der Waals surface area contributed by atoms with Crippen LogP contribution in [0.4, 0.5) is 22.1 Å². The van der Waals surface area contributed by atoms with Crippen molar-refractivity contribution < 1.29 is 32.7 Å². The maximum absolute atomic E-state index is 13.2. The lowest BCUT2D eigenvalue weighted by Crippen LogP contribution is -2.47. The zero-order valence-corrected chi connectivity index (χ0v) is 46.8. The van der Waals surface area contributed by atoms with Crippen molar-refractivity contribution in [3.63, 3.8) is 0 Å². The highest BCUT2D eigenvalue weighted by Crippen LogP contribution is 2.42. The lowest BCUT2D eigenvalue weighted by atomic mass is 9.83. The summed E-state index contributed by atoms with van der Waals surface area (Å²) in [7, 11) is -1.24. The quantitative estimate of drug-likeness (QED) is 0.118. The van der Waals surface area contributed by atoms with Crippen LogP contribution in [0.1, 0.15) is 119 Å². The maximum Gasteiger partial charge on any atom is 0.412 e. The van der Waals surface area contributed by atoms with E-state index >= 15 is 0 Å². The van der Waals surface area contributed by atoms with Crippen LogP contribution >= 0.6 is 23.5 Å². The summed E-state index contributed by atoms with van der Waals surface area (Å²) >= 11 is 3.17. The number of anilines is 3. The fourth-order valence-corrected chi connectivity index (χ4v) is 13.1. The number of carbonyl (C=O) groups excluding carboxylic acids is 1. The molecular weight excluding hydrogens is 979 g/mol. The average molecular weight is 1050 g/mol. The molecule has 0 radical (unpaired) electrons. The molecule has 2 saturated heterocycles. The Bertz CT molecular complexity index is 2790. The minimum absolute atomic E-state index is 0.00469. The summed E-state index contributed by atoms with van der Waals surface area (Å²) in [6.45, 7) is 23.5. The molecule has 390 valence electrons. The third-order valence-electron chi connectivity index (χ3n) is 13.5. The standard InChI is InChI=1S/C56H71N7O7S3/c1-34-28-62(29-35(2)68-34)49-47-32-66-55(8,9)24-43(47)45(26-57)51(60-49)72-19-17-39-20-40(22-42(21-39)73(11)65)23-56(10)25-44-46(27-58)52(61-50(48(44)33-67-56)63-30-36(3)69-37(4)31-63)71-18-16-38-12-14-41(15-13-38)59-53(64)70-54(5,6)7/h12-15,20-22,34-37H,16-19,23-25,28-33H2,1-11H3,(H,59,64). The molecule has 14 nitrogen and oxygen atoms in total. The van der Waals surface area contributed by atoms with Crippen molar-refractivity contribution in [1.29, 1.82) is 10.5 Å². The van der Waals surface area contributed by atoms with Crippen LogP contribution in [-0.4, -0.2) is 105 Å². The van der Waals surface area contributed by atoms with Gasteiger partial charge in [-0.05, 0) is 134 Å². The van der Waals surface area contributed by atoms with E-state index in [2.05, 4.69) is 81.8 Å². The number of morpholine rings is 2. The van der Waals surface area contributed by atoms with Crippen LogP contribution in [0, 0.1) is 22.7 Å². The van der Waals surface area contributed by atoms with Gasteiger partial charge in [-0.2, -0.15) is 10.5 Å². The van der Waals surface area contributed by atoms with Gasteiger partial charge >= 0.3 is 6.09 Å². The Labute approximate surface area is 443 Å². The van der Waals surface area contributed by atoms with Crippen LogP contribution < -0.4 is 15.1 Å². The van der Waals surface area contributed by atoms with Crippen LogP contribution in [-0.2, 0) is 79.8 Å². The van der Waals surface area contributed by atoms with Crippen molar-refractivity contribution >= 4 is 57.7 Å². The Morgan fingerprint density at radius 1 is 0.753 bits per heavy atom. The topological polar surface area (TPSA) is 172 Å². The van der Waals surface area contributed by atoms with Crippen LogP contribution in [0.5, 0.6) is 0 Å². The first-order valence-electron chi connectivity index (χ1n) is 25.4. The lowest BCUT2D eigenvalue weighted by Gasteiger charge is -2.41. The Hall–Kier alpha value is -4.72. The SMILES string of the molecule is CC1CN(c2nc(SCCc3cc(CC4(C)Cc5c(C#N)c(SCCc6ccc(NC(=O)OC(C)(C)C)cc6)nc(N6CC(C)OC(C)C6)c5CO4)cc(S(C)=O)c3)c(C#N)c3c2COC(C)(C)C3)CC(C)O1. The summed E-state index contributed by atoms with van der Waals surface area (Å²) in [5.74, 6) is 3.06. The molecule has 4 aliphatic rings. The number of hydrogen-bond acceptors (Lipinski definition) is 15. The first-order valence-corrected chi connectivity index (χ1v) is 28.9. The molecule has 2 aromatic heterocycles. The van der Waals surface area contributed by atoms with Gasteiger partial charge in [0.1, 0.15) is 39.4 Å². The molecule has 8 rings (SSSR count). The second-order valence-corrected chi connectivity index (χ2v) is 25.5. The van der Waals surface area contributed by atoms with Crippen molar-refractivity contribution in [2.24, 2.45) is 0 Å². The third kappa shape index (κ3) is 13.6. The van der Waals surface area contributed by atoms with Crippen LogP contribution in [0.2, 0.25) is 0 Å². The number of carbonyl (C=O) groups is 1. The van der Waals surface area contributed by atoms with Gasteiger partial charge in [0.15, 0.2) is 0 Å². The van der Waals surface area contributed by atoms with Crippen molar-refractivity contribution in [2.45, 2.75) is 171 Å². The molecule has 73 heavy (non-hydrogen) atoms. The summed E-state index contributed by atoms with van der Waals surface area (Å²) < 4.78 is 44.0. The first-order chi connectivity index (χ1) is 34.6. The van der Waals surface area contributed by atoms with E-state index in [9.17, 15) is 19.5 Å². The highest BCUT2D eigenvalue weighted by molar-refractivity contribution is 7.99. The molecule has 6 atom stereocenters.